The number of aromatic nitrogens is 2. The maximum Gasteiger partial charge on any atom is 0.246 e. The van der Waals surface area contributed by atoms with Gasteiger partial charge in [-0.15, -0.1) is 0 Å². The molecule has 1 aliphatic rings. The first-order valence-electron chi connectivity index (χ1n) is 7.40. The fourth-order valence-corrected chi connectivity index (χ4v) is 3.23. The average molecular weight is 316 g/mol. The van der Waals surface area contributed by atoms with E-state index in [1.807, 2.05) is 24.2 Å². The lowest BCUT2D eigenvalue weighted by molar-refractivity contribution is -0.127. The number of rotatable bonds is 4. The predicted molar refractivity (Wildman–Crippen MR) is 88.4 cm³/mol. The Hall–Kier alpha value is -1.92. The normalized spacial score (nSPS) is 16.5. The quantitative estimate of drug-likeness (QED) is 0.808. The smallest absolute Gasteiger partial charge is 0.246 e. The van der Waals surface area contributed by atoms with Crippen molar-refractivity contribution in [3.8, 4) is 0 Å². The molecule has 1 fully saturated rings. The summed E-state index contributed by atoms with van der Waals surface area (Å²) in [5.41, 5.74) is 2.31. The zero-order chi connectivity index (χ0) is 15.4. The number of piperazine rings is 1. The second-order valence-electron chi connectivity index (χ2n) is 5.51. The predicted octanol–water partition coefficient (Wildman–Crippen LogP) is 1.84. The van der Waals surface area contributed by atoms with E-state index in [4.69, 9.17) is 0 Å². The minimum absolute atomic E-state index is 0.0824. The molecule has 1 amide bonds. The summed E-state index contributed by atoms with van der Waals surface area (Å²) >= 11 is 1.73. The lowest BCUT2D eigenvalue weighted by Gasteiger charge is -2.34. The highest BCUT2D eigenvalue weighted by Gasteiger charge is 2.19. The lowest BCUT2D eigenvalue weighted by atomic mass is 10.2. The molecular weight excluding hydrogens is 296 g/mol. The Morgan fingerprint density at radius 2 is 2.18 bits per heavy atom. The highest BCUT2D eigenvalue weighted by Crippen LogP contribution is 2.12. The Morgan fingerprint density at radius 1 is 1.36 bits per heavy atom. The summed E-state index contributed by atoms with van der Waals surface area (Å²) in [4.78, 5) is 16.5. The van der Waals surface area contributed by atoms with Gasteiger partial charge in [-0.25, -0.2) is 0 Å². The summed E-state index contributed by atoms with van der Waals surface area (Å²) < 4.78 is 1.73. The van der Waals surface area contributed by atoms with Crippen LogP contribution in [-0.2, 0) is 18.4 Å². The van der Waals surface area contributed by atoms with Gasteiger partial charge in [-0.1, -0.05) is 0 Å². The van der Waals surface area contributed by atoms with Crippen molar-refractivity contribution in [3.05, 3.63) is 46.4 Å². The van der Waals surface area contributed by atoms with Gasteiger partial charge in [0.05, 0.1) is 6.20 Å². The molecule has 6 heteroatoms. The second-order valence-corrected chi connectivity index (χ2v) is 6.29. The molecule has 0 aromatic carbocycles. The molecule has 5 nitrogen and oxygen atoms in total. The van der Waals surface area contributed by atoms with Gasteiger partial charge in [-0.3, -0.25) is 14.4 Å². The molecule has 1 saturated heterocycles. The van der Waals surface area contributed by atoms with Crippen molar-refractivity contribution < 1.29 is 4.79 Å². The van der Waals surface area contributed by atoms with Crippen molar-refractivity contribution in [3.63, 3.8) is 0 Å². The van der Waals surface area contributed by atoms with Crippen LogP contribution in [0.1, 0.15) is 11.1 Å². The standard InChI is InChI=1S/C16H20N4OS/c1-18-11-14(10-17-18)2-3-16(21)20-7-5-19(6-8-20)12-15-4-9-22-13-15/h2-4,9-11,13H,5-8,12H2,1H3. The molecule has 3 heterocycles. The number of hydrogen-bond acceptors (Lipinski definition) is 4. The monoisotopic (exact) mass is 316 g/mol. The second kappa shape index (κ2) is 6.89. The maximum atomic E-state index is 12.2. The van der Waals surface area contributed by atoms with E-state index in [0.29, 0.717) is 0 Å². The van der Waals surface area contributed by atoms with Gasteiger partial charge in [0, 0.05) is 57.6 Å². The first kappa shape index (κ1) is 15.0. The van der Waals surface area contributed by atoms with Gasteiger partial charge in [0.1, 0.15) is 0 Å². The van der Waals surface area contributed by atoms with E-state index in [-0.39, 0.29) is 5.91 Å². The molecule has 0 spiro atoms. The van der Waals surface area contributed by atoms with Crippen LogP contribution in [0.5, 0.6) is 0 Å². The number of nitrogens with zero attached hydrogens (tertiary/aromatic N) is 4. The Balaban J connectivity index is 1.48. The van der Waals surface area contributed by atoms with Gasteiger partial charge >= 0.3 is 0 Å². The van der Waals surface area contributed by atoms with E-state index in [2.05, 4.69) is 26.8 Å². The van der Waals surface area contributed by atoms with Gasteiger partial charge in [0.2, 0.25) is 5.91 Å². The SMILES string of the molecule is Cn1cc(C=CC(=O)N2CCN(Cc3ccsc3)CC2)cn1. The molecule has 0 atom stereocenters. The molecule has 0 radical (unpaired) electrons. The fraction of sp³-hybridized carbons (Fsp3) is 0.375. The number of thiophene rings is 1. The molecular formula is C16H20N4OS. The summed E-state index contributed by atoms with van der Waals surface area (Å²) in [7, 11) is 1.87. The van der Waals surface area contributed by atoms with E-state index in [9.17, 15) is 4.79 Å². The Kier molecular flexibility index (Phi) is 4.70. The number of hydrogen-bond donors (Lipinski definition) is 0. The molecule has 2 aromatic heterocycles. The largest absolute Gasteiger partial charge is 0.337 e. The Bertz CT molecular complexity index is 639. The zero-order valence-corrected chi connectivity index (χ0v) is 13.5. The Labute approximate surface area is 134 Å². The molecule has 0 unspecified atom stereocenters. The van der Waals surface area contributed by atoms with E-state index in [1.165, 1.54) is 5.56 Å². The molecule has 0 saturated carbocycles. The van der Waals surface area contributed by atoms with Crippen LogP contribution in [0, 0.1) is 0 Å². The van der Waals surface area contributed by atoms with Crippen molar-refractivity contribution in [2.75, 3.05) is 26.2 Å². The molecule has 3 rings (SSSR count). The first-order chi connectivity index (χ1) is 10.7. The van der Waals surface area contributed by atoms with Crippen LogP contribution in [-0.4, -0.2) is 51.7 Å². The van der Waals surface area contributed by atoms with Crippen LogP contribution in [0.3, 0.4) is 0 Å². The summed E-state index contributed by atoms with van der Waals surface area (Å²) in [6.07, 6.45) is 7.11. The highest BCUT2D eigenvalue weighted by molar-refractivity contribution is 7.07. The first-order valence-corrected chi connectivity index (χ1v) is 8.34. The fourth-order valence-electron chi connectivity index (χ4n) is 2.57. The third kappa shape index (κ3) is 3.84. The zero-order valence-electron chi connectivity index (χ0n) is 12.7. The van der Waals surface area contributed by atoms with Crippen molar-refractivity contribution in [1.82, 2.24) is 19.6 Å². The third-order valence-corrected chi connectivity index (χ3v) is 4.55. The molecule has 22 heavy (non-hydrogen) atoms. The van der Waals surface area contributed by atoms with Gasteiger partial charge < -0.3 is 4.90 Å². The minimum atomic E-state index is 0.0824. The molecule has 0 N–H and O–H groups in total. The topological polar surface area (TPSA) is 41.4 Å². The maximum absolute atomic E-state index is 12.2. The van der Waals surface area contributed by atoms with Crippen LogP contribution in [0.15, 0.2) is 35.3 Å². The summed E-state index contributed by atoms with van der Waals surface area (Å²) in [5, 5.41) is 8.39. The summed E-state index contributed by atoms with van der Waals surface area (Å²) in [6, 6.07) is 2.17. The van der Waals surface area contributed by atoms with Crippen molar-refractivity contribution in [2.45, 2.75) is 6.54 Å². The van der Waals surface area contributed by atoms with Gasteiger partial charge in [0.25, 0.3) is 0 Å². The molecule has 0 aliphatic carbocycles. The van der Waals surface area contributed by atoms with Crippen LogP contribution in [0.25, 0.3) is 6.08 Å². The van der Waals surface area contributed by atoms with Gasteiger partial charge in [-0.05, 0) is 28.5 Å². The lowest BCUT2D eigenvalue weighted by Crippen LogP contribution is -2.47. The molecule has 0 bridgehead atoms. The van der Waals surface area contributed by atoms with E-state index < -0.39 is 0 Å². The summed E-state index contributed by atoms with van der Waals surface area (Å²) in [6.45, 7) is 4.43. The van der Waals surface area contributed by atoms with E-state index >= 15 is 0 Å². The van der Waals surface area contributed by atoms with Gasteiger partial charge in [0.15, 0.2) is 0 Å². The highest BCUT2D eigenvalue weighted by atomic mass is 32.1. The third-order valence-electron chi connectivity index (χ3n) is 3.81. The van der Waals surface area contributed by atoms with E-state index in [0.717, 1.165) is 38.3 Å². The molecule has 116 valence electrons. The van der Waals surface area contributed by atoms with Crippen LogP contribution in [0.4, 0.5) is 0 Å². The number of carbonyl (C=O) groups excluding carboxylic acids is 1. The number of amides is 1. The van der Waals surface area contributed by atoms with Crippen LogP contribution in [0.2, 0.25) is 0 Å². The van der Waals surface area contributed by atoms with Crippen molar-refractivity contribution in [1.29, 1.82) is 0 Å². The van der Waals surface area contributed by atoms with E-state index in [1.54, 1.807) is 28.3 Å². The van der Waals surface area contributed by atoms with Gasteiger partial charge in [-0.2, -0.15) is 16.4 Å². The molecule has 1 aliphatic heterocycles. The number of carbonyl (C=O) groups is 1. The minimum Gasteiger partial charge on any atom is -0.337 e. The van der Waals surface area contributed by atoms with Crippen LogP contribution >= 0.6 is 11.3 Å². The summed E-state index contributed by atoms with van der Waals surface area (Å²) in [5.74, 6) is 0.0824. The van der Waals surface area contributed by atoms with Crippen molar-refractivity contribution >= 4 is 23.3 Å². The van der Waals surface area contributed by atoms with Crippen molar-refractivity contribution in [2.24, 2.45) is 7.05 Å². The number of aryl methyl sites for hydroxylation is 1. The average Bonchev–Trinajstić information content (AvgIpc) is 3.17. The Morgan fingerprint density at radius 3 is 2.82 bits per heavy atom. The van der Waals surface area contributed by atoms with Crippen LogP contribution < -0.4 is 0 Å². The molecule has 2 aromatic rings.